The van der Waals surface area contributed by atoms with Crippen molar-refractivity contribution in [3.05, 3.63) is 113 Å². The fourth-order valence-electron chi connectivity index (χ4n) is 3.60. The molecule has 4 aromatic carbocycles. The molecule has 0 fully saturated rings. The van der Waals surface area contributed by atoms with E-state index in [1.54, 1.807) is 37.3 Å². The van der Waals surface area contributed by atoms with E-state index in [4.69, 9.17) is 0 Å². The highest BCUT2D eigenvalue weighted by molar-refractivity contribution is 7.93. The van der Waals surface area contributed by atoms with Gasteiger partial charge in [0.05, 0.1) is 15.5 Å². The Bertz CT molecular complexity index is 1680. The minimum atomic E-state index is -3.79. The normalized spacial score (nSPS) is 11.6. The zero-order valence-corrected chi connectivity index (χ0v) is 22.7. The zero-order valence-electron chi connectivity index (χ0n) is 21.0. The fraction of sp³-hybridized carbons (Fsp3) is 0.107. The van der Waals surface area contributed by atoms with Gasteiger partial charge in [-0.2, -0.15) is 0 Å². The molecular weight excluding hydrogens is 522 g/mol. The minimum Gasteiger partial charge on any atom is -0.322 e. The number of carbonyl (C=O) groups excluding carboxylic acids is 1. The monoisotopic (exact) mass is 549 g/mol. The molecule has 0 aliphatic rings. The molecule has 10 heteroatoms. The van der Waals surface area contributed by atoms with Crippen molar-refractivity contribution in [2.75, 3.05) is 14.8 Å². The standard InChI is InChI=1S/C28H27N3O5S2/c1-19-4-9-24(10-5-19)30-37(33,34)26-15-11-23(12-16-26)29-28(32)22-8-17-27(21(3)18-22)31-38(35,36)25-13-6-20(2)7-14-25/h4-18,30-31H,1-3H3,(H,29,32). The summed E-state index contributed by atoms with van der Waals surface area (Å²) in [4.78, 5) is 13.0. The van der Waals surface area contributed by atoms with Crippen LogP contribution >= 0.6 is 0 Å². The molecule has 0 aliphatic carbocycles. The number of amides is 1. The van der Waals surface area contributed by atoms with E-state index in [0.717, 1.165) is 11.1 Å². The Morgan fingerprint density at radius 1 is 0.579 bits per heavy atom. The molecule has 4 aromatic rings. The van der Waals surface area contributed by atoms with Gasteiger partial charge in [-0.05, 0) is 93.1 Å². The summed E-state index contributed by atoms with van der Waals surface area (Å²) < 4.78 is 55.8. The molecule has 8 nitrogen and oxygen atoms in total. The Kier molecular flexibility index (Phi) is 7.56. The van der Waals surface area contributed by atoms with Crippen molar-refractivity contribution in [2.45, 2.75) is 30.6 Å². The highest BCUT2D eigenvalue weighted by Crippen LogP contribution is 2.23. The third-order valence-corrected chi connectivity index (χ3v) is 8.57. The van der Waals surface area contributed by atoms with Crippen molar-refractivity contribution < 1.29 is 21.6 Å². The van der Waals surface area contributed by atoms with Crippen molar-refractivity contribution >= 4 is 43.0 Å². The Morgan fingerprint density at radius 2 is 1.05 bits per heavy atom. The van der Waals surface area contributed by atoms with Gasteiger partial charge in [-0.3, -0.25) is 14.2 Å². The molecule has 0 spiro atoms. The maximum absolute atomic E-state index is 12.8. The summed E-state index contributed by atoms with van der Waals surface area (Å²) in [6.45, 7) is 5.48. The molecule has 0 aromatic heterocycles. The number of hydrogen-bond donors (Lipinski definition) is 3. The molecule has 38 heavy (non-hydrogen) atoms. The van der Waals surface area contributed by atoms with Gasteiger partial charge in [-0.15, -0.1) is 0 Å². The Balaban J connectivity index is 1.43. The van der Waals surface area contributed by atoms with Crippen LogP contribution < -0.4 is 14.8 Å². The van der Waals surface area contributed by atoms with Crippen LogP contribution in [0.2, 0.25) is 0 Å². The minimum absolute atomic E-state index is 0.0529. The lowest BCUT2D eigenvalue weighted by molar-refractivity contribution is 0.102. The molecule has 0 aliphatic heterocycles. The summed E-state index contributed by atoms with van der Waals surface area (Å²) in [6.07, 6.45) is 0. The maximum atomic E-state index is 12.8. The van der Waals surface area contributed by atoms with Gasteiger partial charge in [0.1, 0.15) is 0 Å². The van der Waals surface area contributed by atoms with Gasteiger partial charge in [-0.25, -0.2) is 16.8 Å². The average Bonchev–Trinajstić information content (AvgIpc) is 2.87. The number of sulfonamides is 2. The van der Waals surface area contributed by atoms with Crippen LogP contribution in [-0.4, -0.2) is 22.7 Å². The molecule has 0 heterocycles. The van der Waals surface area contributed by atoms with E-state index in [9.17, 15) is 21.6 Å². The molecule has 0 saturated heterocycles. The fourth-order valence-corrected chi connectivity index (χ4v) is 5.79. The van der Waals surface area contributed by atoms with E-state index < -0.39 is 26.0 Å². The number of carbonyl (C=O) groups is 1. The third kappa shape index (κ3) is 6.39. The summed E-state index contributed by atoms with van der Waals surface area (Å²) in [6, 6.07) is 23.9. The maximum Gasteiger partial charge on any atom is 0.261 e. The first-order valence-corrected chi connectivity index (χ1v) is 14.6. The van der Waals surface area contributed by atoms with Crippen LogP contribution in [0.25, 0.3) is 0 Å². The van der Waals surface area contributed by atoms with Gasteiger partial charge in [0, 0.05) is 16.9 Å². The van der Waals surface area contributed by atoms with Crippen LogP contribution in [0, 0.1) is 20.8 Å². The SMILES string of the molecule is Cc1ccc(NS(=O)(=O)c2ccc(NC(=O)c3ccc(NS(=O)(=O)c4ccc(C)cc4)c(C)c3)cc2)cc1. The lowest BCUT2D eigenvalue weighted by Crippen LogP contribution is -2.16. The molecule has 0 bridgehead atoms. The highest BCUT2D eigenvalue weighted by atomic mass is 32.2. The first kappa shape index (κ1) is 26.9. The van der Waals surface area contributed by atoms with Crippen LogP contribution in [0.15, 0.2) is 101 Å². The van der Waals surface area contributed by atoms with Crippen molar-refractivity contribution in [3.8, 4) is 0 Å². The van der Waals surface area contributed by atoms with Gasteiger partial charge in [-0.1, -0.05) is 35.4 Å². The summed E-state index contributed by atoms with van der Waals surface area (Å²) in [7, 11) is -7.57. The van der Waals surface area contributed by atoms with Crippen LogP contribution in [0.3, 0.4) is 0 Å². The van der Waals surface area contributed by atoms with Crippen molar-refractivity contribution in [3.63, 3.8) is 0 Å². The smallest absolute Gasteiger partial charge is 0.261 e. The summed E-state index contributed by atoms with van der Waals surface area (Å²) in [5, 5.41) is 2.73. The number of aryl methyl sites for hydroxylation is 3. The predicted octanol–water partition coefficient (Wildman–Crippen LogP) is 5.47. The average molecular weight is 550 g/mol. The third-order valence-electron chi connectivity index (χ3n) is 5.79. The Labute approximate surface area is 222 Å². The van der Waals surface area contributed by atoms with Gasteiger partial charge >= 0.3 is 0 Å². The van der Waals surface area contributed by atoms with E-state index in [-0.39, 0.29) is 9.79 Å². The zero-order chi connectivity index (χ0) is 27.5. The van der Waals surface area contributed by atoms with E-state index in [0.29, 0.717) is 28.2 Å². The van der Waals surface area contributed by atoms with Gasteiger partial charge < -0.3 is 5.32 Å². The molecule has 196 valence electrons. The molecule has 4 rings (SSSR count). The summed E-state index contributed by atoms with van der Waals surface area (Å²) >= 11 is 0. The molecular formula is C28H27N3O5S2. The first-order chi connectivity index (χ1) is 17.9. The summed E-state index contributed by atoms with van der Waals surface area (Å²) in [5.41, 5.74) is 4.07. The molecule has 0 atom stereocenters. The second-order valence-corrected chi connectivity index (χ2v) is 12.3. The molecule has 3 N–H and O–H groups in total. The van der Waals surface area contributed by atoms with Crippen LogP contribution in [0.1, 0.15) is 27.0 Å². The van der Waals surface area contributed by atoms with E-state index in [1.807, 2.05) is 26.0 Å². The molecule has 0 unspecified atom stereocenters. The second-order valence-electron chi connectivity index (χ2n) is 8.90. The molecule has 1 amide bonds. The van der Waals surface area contributed by atoms with E-state index in [1.165, 1.54) is 48.5 Å². The Morgan fingerprint density at radius 3 is 1.61 bits per heavy atom. The van der Waals surface area contributed by atoms with Gasteiger partial charge in [0.25, 0.3) is 26.0 Å². The highest BCUT2D eigenvalue weighted by Gasteiger charge is 2.17. The number of benzene rings is 4. The number of hydrogen-bond acceptors (Lipinski definition) is 5. The van der Waals surface area contributed by atoms with Crippen LogP contribution in [0.5, 0.6) is 0 Å². The quantitative estimate of drug-likeness (QED) is 0.269. The lowest BCUT2D eigenvalue weighted by atomic mass is 10.1. The van der Waals surface area contributed by atoms with Gasteiger partial charge in [0.2, 0.25) is 0 Å². The van der Waals surface area contributed by atoms with E-state index >= 15 is 0 Å². The van der Waals surface area contributed by atoms with Crippen LogP contribution in [0.4, 0.5) is 17.1 Å². The molecule has 0 radical (unpaired) electrons. The first-order valence-electron chi connectivity index (χ1n) is 11.6. The van der Waals surface area contributed by atoms with Crippen molar-refractivity contribution in [1.29, 1.82) is 0 Å². The second kappa shape index (κ2) is 10.7. The topological polar surface area (TPSA) is 121 Å². The number of nitrogens with one attached hydrogen (secondary N) is 3. The van der Waals surface area contributed by atoms with E-state index in [2.05, 4.69) is 14.8 Å². The number of anilines is 3. The summed E-state index contributed by atoms with van der Waals surface area (Å²) in [5.74, 6) is -0.422. The van der Waals surface area contributed by atoms with Gasteiger partial charge in [0.15, 0.2) is 0 Å². The molecule has 0 saturated carbocycles. The number of rotatable bonds is 8. The predicted molar refractivity (Wildman–Crippen MR) is 150 cm³/mol. The lowest BCUT2D eigenvalue weighted by Gasteiger charge is -2.13. The largest absolute Gasteiger partial charge is 0.322 e. The van der Waals surface area contributed by atoms with Crippen molar-refractivity contribution in [1.82, 2.24) is 0 Å². The van der Waals surface area contributed by atoms with Crippen LogP contribution in [-0.2, 0) is 20.0 Å². The Hall–Kier alpha value is -4.15. The van der Waals surface area contributed by atoms with Crippen molar-refractivity contribution in [2.24, 2.45) is 0 Å².